The molecule has 0 bridgehead atoms. The minimum absolute atomic E-state index is 0.0203. The molecule has 0 radical (unpaired) electrons. The molecule has 0 atom stereocenters. The Morgan fingerprint density at radius 2 is 1.84 bits per heavy atom. The number of aromatic nitrogens is 2. The minimum Gasteiger partial charge on any atom is -0.497 e. The Morgan fingerprint density at radius 1 is 1.13 bits per heavy atom. The number of rotatable bonds is 5. The summed E-state index contributed by atoms with van der Waals surface area (Å²) in [6.07, 6.45) is -3.62. The van der Waals surface area contributed by atoms with Crippen molar-refractivity contribution in [3.63, 3.8) is 0 Å². The lowest BCUT2D eigenvalue weighted by molar-refractivity contribution is -0.137. The van der Waals surface area contributed by atoms with Gasteiger partial charge in [-0.15, -0.1) is 11.3 Å². The summed E-state index contributed by atoms with van der Waals surface area (Å²) in [6.45, 7) is 3.47. The number of methoxy groups -OCH3 is 1. The SMILES string of the molecule is COc1ccc(-c2nc(CN3CCN(c4ncc(C(F)(F)F)cc4Cl)CC3)cs2)cc1. The number of ether oxygens (including phenoxy) is 1. The van der Waals surface area contributed by atoms with Gasteiger partial charge in [0.2, 0.25) is 0 Å². The Kier molecular flexibility index (Phi) is 6.36. The fraction of sp³-hybridized carbons (Fsp3) is 0.333. The van der Waals surface area contributed by atoms with E-state index in [0.717, 1.165) is 47.4 Å². The quantitative estimate of drug-likeness (QED) is 0.514. The van der Waals surface area contributed by atoms with E-state index in [1.807, 2.05) is 29.2 Å². The van der Waals surface area contributed by atoms with E-state index < -0.39 is 11.7 Å². The number of pyridine rings is 1. The van der Waals surface area contributed by atoms with Crippen molar-refractivity contribution in [2.45, 2.75) is 12.7 Å². The van der Waals surface area contributed by atoms with E-state index in [1.54, 1.807) is 18.4 Å². The molecule has 1 aromatic carbocycles. The second-order valence-corrected chi connectivity index (χ2v) is 8.43. The summed E-state index contributed by atoms with van der Waals surface area (Å²) in [7, 11) is 1.64. The number of benzene rings is 1. The lowest BCUT2D eigenvalue weighted by Crippen LogP contribution is -2.46. The Labute approximate surface area is 187 Å². The van der Waals surface area contributed by atoms with Gasteiger partial charge in [0.15, 0.2) is 0 Å². The predicted octanol–water partition coefficient (Wildman–Crippen LogP) is 5.21. The molecule has 1 aliphatic heterocycles. The molecule has 10 heteroatoms. The predicted molar refractivity (Wildman–Crippen MR) is 116 cm³/mol. The third-order valence-electron chi connectivity index (χ3n) is 5.10. The van der Waals surface area contributed by atoms with Crippen molar-refractivity contribution >= 4 is 28.8 Å². The molecular formula is C21H20ClF3N4OS. The molecule has 1 saturated heterocycles. The second-order valence-electron chi connectivity index (χ2n) is 7.16. The summed E-state index contributed by atoms with van der Waals surface area (Å²) in [5.74, 6) is 1.20. The van der Waals surface area contributed by atoms with Crippen molar-refractivity contribution in [3.05, 3.63) is 58.2 Å². The highest BCUT2D eigenvalue weighted by molar-refractivity contribution is 7.13. The third kappa shape index (κ3) is 5.11. The van der Waals surface area contributed by atoms with Gasteiger partial charge in [-0.1, -0.05) is 11.6 Å². The summed E-state index contributed by atoms with van der Waals surface area (Å²) in [5.41, 5.74) is 1.20. The van der Waals surface area contributed by atoms with Crippen LogP contribution in [0.5, 0.6) is 5.75 Å². The van der Waals surface area contributed by atoms with E-state index in [-0.39, 0.29) is 5.02 Å². The molecule has 0 aliphatic carbocycles. The van der Waals surface area contributed by atoms with Crippen molar-refractivity contribution in [2.24, 2.45) is 0 Å². The van der Waals surface area contributed by atoms with E-state index in [2.05, 4.69) is 15.3 Å². The average Bonchev–Trinajstić information content (AvgIpc) is 3.22. The van der Waals surface area contributed by atoms with Crippen LogP contribution in [0, 0.1) is 0 Å². The summed E-state index contributed by atoms with van der Waals surface area (Å²) in [6, 6.07) is 8.74. The highest BCUT2D eigenvalue weighted by Crippen LogP contribution is 2.34. The summed E-state index contributed by atoms with van der Waals surface area (Å²) >= 11 is 7.68. The molecule has 164 valence electrons. The molecular weight excluding hydrogens is 449 g/mol. The highest BCUT2D eigenvalue weighted by Gasteiger charge is 2.32. The van der Waals surface area contributed by atoms with Gasteiger partial charge in [0.05, 0.1) is 23.4 Å². The lowest BCUT2D eigenvalue weighted by atomic mass is 10.2. The number of hydrogen-bond donors (Lipinski definition) is 0. The van der Waals surface area contributed by atoms with Crippen molar-refractivity contribution in [3.8, 4) is 16.3 Å². The van der Waals surface area contributed by atoms with Gasteiger partial charge in [0.25, 0.3) is 0 Å². The highest BCUT2D eigenvalue weighted by atomic mass is 35.5. The standard InChI is InChI=1S/C21H20ClF3N4OS/c1-30-17-4-2-14(3-5-17)20-27-16(13-31-20)12-28-6-8-29(9-7-28)19-18(22)10-15(11-26-19)21(23,24)25/h2-5,10-11,13H,6-9,12H2,1H3. The number of nitrogens with zero attached hydrogens (tertiary/aromatic N) is 4. The molecule has 31 heavy (non-hydrogen) atoms. The summed E-state index contributed by atoms with van der Waals surface area (Å²) in [4.78, 5) is 12.9. The molecule has 1 aliphatic rings. The van der Waals surface area contributed by atoms with Crippen LogP contribution in [0.25, 0.3) is 10.6 Å². The molecule has 0 unspecified atom stereocenters. The molecule has 5 nitrogen and oxygen atoms in total. The first kappa shape index (κ1) is 21.9. The molecule has 4 rings (SSSR count). The first-order chi connectivity index (χ1) is 14.8. The zero-order chi connectivity index (χ0) is 22.0. The maximum atomic E-state index is 12.8. The number of halogens is 4. The Hall–Kier alpha value is -2.36. The van der Waals surface area contributed by atoms with Gasteiger partial charge in [-0.3, -0.25) is 4.90 Å². The lowest BCUT2D eigenvalue weighted by Gasteiger charge is -2.35. The molecule has 0 amide bonds. The van der Waals surface area contributed by atoms with E-state index >= 15 is 0 Å². The van der Waals surface area contributed by atoms with Crippen LogP contribution in [0.4, 0.5) is 19.0 Å². The summed E-state index contributed by atoms with van der Waals surface area (Å²) in [5, 5.41) is 3.03. The van der Waals surface area contributed by atoms with Crippen LogP contribution >= 0.6 is 22.9 Å². The molecule has 0 saturated carbocycles. The summed E-state index contributed by atoms with van der Waals surface area (Å²) < 4.78 is 43.6. The van der Waals surface area contributed by atoms with Gasteiger partial charge in [0, 0.05) is 49.9 Å². The topological polar surface area (TPSA) is 41.5 Å². The van der Waals surface area contributed by atoms with Crippen molar-refractivity contribution in [1.29, 1.82) is 0 Å². The minimum atomic E-state index is -4.45. The van der Waals surface area contributed by atoms with Crippen LogP contribution in [0.3, 0.4) is 0 Å². The van der Waals surface area contributed by atoms with Gasteiger partial charge in [-0.05, 0) is 30.3 Å². The Bertz CT molecular complexity index is 1030. The average molecular weight is 469 g/mol. The monoisotopic (exact) mass is 468 g/mol. The Morgan fingerprint density at radius 3 is 2.45 bits per heavy atom. The van der Waals surface area contributed by atoms with Crippen LogP contribution in [0.1, 0.15) is 11.3 Å². The molecule has 0 spiro atoms. The maximum absolute atomic E-state index is 12.8. The number of hydrogen-bond acceptors (Lipinski definition) is 6. The maximum Gasteiger partial charge on any atom is 0.417 e. The smallest absolute Gasteiger partial charge is 0.417 e. The van der Waals surface area contributed by atoms with Crippen LogP contribution in [-0.2, 0) is 12.7 Å². The first-order valence-corrected chi connectivity index (χ1v) is 10.9. The van der Waals surface area contributed by atoms with E-state index in [9.17, 15) is 13.2 Å². The van der Waals surface area contributed by atoms with Crippen molar-refractivity contribution in [1.82, 2.24) is 14.9 Å². The number of anilines is 1. The second kappa shape index (κ2) is 9.02. The van der Waals surface area contributed by atoms with Crippen LogP contribution in [-0.4, -0.2) is 48.2 Å². The van der Waals surface area contributed by atoms with Gasteiger partial charge in [-0.25, -0.2) is 9.97 Å². The van der Waals surface area contributed by atoms with Crippen molar-refractivity contribution < 1.29 is 17.9 Å². The largest absolute Gasteiger partial charge is 0.497 e. The van der Waals surface area contributed by atoms with Crippen molar-refractivity contribution in [2.75, 3.05) is 38.2 Å². The zero-order valence-electron chi connectivity index (χ0n) is 16.7. The third-order valence-corrected chi connectivity index (χ3v) is 6.31. The number of alkyl halides is 3. The fourth-order valence-electron chi connectivity index (χ4n) is 3.41. The van der Waals surface area contributed by atoms with Crippen LogP contribution in [0.15, 0.2) is 41.9 Å². The van der Waals surface area contributed by atoms with Crippen LogP contribution < -0.4 is 9.64 Å². The van der Waals surface area contributed by atoms with E-state index in [4.69, 9.17) is 21.3 Å². The molecule has 1 fully saturated rings. The fourth-order valence-corrected chi connectivity index (χ4v) is 4.51. The molecule has 0 N–H and O–H groups in total. The van der Waals surface area contributed by atoms with Gasteiger partial charge < -0.3 is 9.64 Å². The molecule has 2 aromatic heterocycles. The Balaban J connectivity index is 1.35. The number of thiazole rings is 1. The van der Waals surface area contributed by atoms with Gasteiger partial charge in [0.1, 0.15) is 16.6 Å². The molecule has 3 heterocycles. The van der Waals surface area contributed by atoms with Gasteiger partial charge in [-0.2, -0.15) is 13.2 Å². The first-order valence-electron chi connectivity index (χ1n) is 9.62. The normalized spacial score (nSPS) is 15.3. The number of piperazine rings is 1. The molecule has 3 aromatic rings. The van der Waals surface area contributed by atoms with Crippen LogP contribution in [0.2, 0.25) is 5.02 Å². The van der Waals surface area contributed by atoms with E-state index in [1.165, 1.54) is 0 Å². The van der Waals surface area contributed by atoms with E-state index in [0.29, 0.717) is 25.5 Å². The van der Waals surface area contributed by atoms with Gasteiger partial charge >= 0.3 is 6.18 Å². The zero-order valence-corrected chi connectivity index (χ0v) is 18.3.